The molecule has 3 nitrogen and oxygen atoms in total. The molecule has 0 bridgehead atoms. The normalized spacial score (nSPS) is 10.1. The van der Waals surface area contributed by atoms with Gasteiger partial charge in [0.1, 0.15) is 12.5 Å². The molecule has 4 N–H and O–H groups in total. The van der Waals surface area contributed by atoms with Gasteiger partial charge in [-0.25, -0.2) is 9.38 Å². The first-order chi connectivity index (χ1) is 6.26. The van der Waals surface area contributed by atoms with E-state index >= 15 is 0 Å². The van der Waals surface area contributed by atoms with Gasteiger partial charge in [0.25, 0.3) is 0 Å². The van der Waals surface area contributed by atoms with Crippen molar-refractivity contribution < 1.29 is 4.39 Å². The van der Waals surface area contributed by atoms with E-state index < -0.39 is 6.67 Å². The third-order valence-corrected chi connectivity index (χ3v) is 1.56. The van der Waals surface area contributed by atoms with Crippen molar-refractivity contribution in [2.24, 2.45) is 16.5 Å². The van der Waals surface area contributed by atoms with Crippen LogP contribution in [0.2, 0.25) is 0 Å². The zero-order chi connectivity index (χ0) is 9.68. The molecule has 6 heteroatoms. The lowest BCUT2D eigenvalue weighted by atomic mass is 10.2. The molecule has 0 heterocycles. The minimum Gasteiger partial charge on any atom is -0.385 e. The van der Waals surface area contributed by atoms with E-state index in [0.717, 1.165) is 5.56 Å². The Morgan fingerprint density at radius 1 is 1.33 bits per heavy atom. The van der Waals surface area contributed by atoms with Gasteiger partial charge in [-0.3, -0.25) is 0 Å². The Labute approximate surface area is 109 Å². The van der Waals surface area contributed by atoms with Gasteiger partial charge >= 0.3 is 0 Å². The molecule has 0 radical (unpaired) electrons. The van der Waals surface area contributed by atoms with Crippen molar-refractivity contribution in [3.05, 3.63) is 29.8 Å². The van der Waals surface area contributed by atoms with Gasteiger partial charge in [-0.05, 0) is 17.7 Å². The summed E-state index contributed by atoms with van der Waals surface area (Å²) in [5.74, 6) is -0.0193. The molecule has 1 aromatic carbocycles. The molecule has 86 valence electrons. The van der Waals surface area contributed by atoms with Crippen molar-refractivity contribution in [3.8, 4) is 0 Å². The highest BCUT2D eigenvalue weighted by Gasteiger charge is 1.94. The molecule has 0 amide bonds. The van der Waals surface area contributed by atoms with Crippen LogP contribution in [0, 0.1) is 0 Å². The highest BCUT2D eigenvalue weighted by atomic mass is 79.9. The van der Waals surface area contributed by atoms with Gasteiger partial charge in [-0.1, -0.05) is 12.1 Å². The van der Waals surface area contributed by atoms with Crippen LogP contribution in [0.5, 0.6) is 0 Å². The second kappa shape index (κ2) is 8.82. The van der Waals surface area contributed by atoms with Crippen molar-refractivity contribution in [1.29, 1.82) is 0 Å². The first-order valence-electron chi connectivity index (χ1n) is 3.94. The summed E-state index contributed by atoms with van der Waals surface area (Å²) in [4.78, 5) is 3.85. The van der Waals surface area contributed by atoms with E-state index in [1.807, 2.05) is 12.1 Å². The van der Waals surface area contributed by atoms with E-state index in [1.165, 1.54) is 0 Å². The summed E-state index contributed by atoms with van der Waals surface area (Å²) in [6, 6.07) is 7.22. The molecule has 0 saturated heterocycles. The van der Waals surface area contributed by atoms with Crippen molar-refractivity contribution >= 4 is 45.5 Å². The second-order valence-corrected chi connectivity index (χ2v) is 2.61. The van der Waals surface area contributed by atoms with Gasteiger partial charge in [0.15, 0.2) is 0 Å². The Morgan fingerprint density at radius 2 is 2.00 bits per heavy atom. The fourth-order valence-electron chi connectivity index (χ4n) is 0.949. The average Bonchev–Trinajstić information content (AvgIpc) is 2.18. The maximum Gasteiger partial charge on any atom is 0.147 e. The highest BCUT2D eigenvalue weighted by molar-refractivity contribution is 8.93. The predicted molar refractivity (Wildman–Crippen MR) is 72.2 cm³/mol. The first-order valence-corrected chi connectivity index (χ1v) is 3.94. The number of aliphatic imine (C=N–C) groups is 1. The Hall–Kier alpha value is -0.460. The Morgan fingerprint density at radius 3 is 2.53 bits per heavy atom. The lowest BCUT2D eigenvalue weighted by Crippen LogP contribution is -2.12. The van der Waals surface area contributed by atoms with Gasteiger partial charge in [0, 0.05) is 6.54 Å². The molecule has 0 fully saturated rings. The van der Waals surface area contributed by atoms with Gasteiger partial charge in [-0.2, -0.15) is 0 Å². The first kappa shape index (κ1) is 17.0. The number of rotatable bonds is 3. The van der Waals surface area contributed by atoms with E-state index in [9.17, 15) is 4.39 Å². The molecule has 0 aliphatic carbocycles. The fraction of sp³-hybridized carbons (Fsp3) is 0.222. The molecular weight excluding hydrogens is 329 g/mol. The van der Waals surface area contributed by atoms with E-state index in [-0.39, 0.29) is 39.8 Å². The van der Waals surface area contributed by atoms with Crippen LogP contribution in [0.15, 0.2) is 29.3 Å². The topological polar surface area (TPSA) is 64.4 Å². The molecule has 0 unspecified atom stereocenters. The molecule has 0 atom stereocenters. The highest BCUT2D eigenvalue weighted by Crippen LogP contribution is 2.13. The van der Waals surface area contributed by atoms with Crippen molar-refractivity contribution in [3.63, 3.8) is 0 Å². The molecule has 15 heavy (non-hydrogen) atoms. The van der Waals surface area contributed by atoms with Gasteiger partial charge in [0.2, 0.25) is 0 Å². The van der Waals surface area contributed by atoms with Crippen LogP contribution in [0.1, 0.15) is 5.56 Å². The van der Waals surface area contributed by atoms with Crippen molar-refractivity contribution in [1.82, 2.24) is 0 Å². The van der Waals surface area contributed by atoms with Crippen LogP contribution in [0.4, 0.5) is 10.1 Å². The largest absolute Gasteiger partial charge is 0.385 e. The minimum atomic E-state index is -0.729. The van der Waals surface area contributed by atoms with Gasteiger partial charge < -0.3 is 11.5 Å². The number of hydrogen-bond donors (Lipinski definition) is 2. The van der Waals surface area contributed by atoms with Crippen LogP contribution in [0.25, 0.3) is 0 Å². The van der Waals surface area contributed by atoms with Crippen LogP contribution in [-0.4, -0.2) is 12.5 Å². The van der Waals surface area contributed by atoms with Gasteiger partial charge in [0.05, 0.1) is 5.69 Å². The minimum absolute atomic E-state index is 0. The second-order valence-electron chi connectivity index (χ2n) is 2.61. The summed E-state index contributed by atoms with van der Waals surface area (Å²) in [5.41, 5.74) is 12.3. The van der Waals surface area contributed by atoms with Crippen LogP contribution in [-0.2, 0) is 6.54 Å². The zero-order valence-corrected chi connectivity index (χ0v) is 11.4. The SMILES string of the molecule is Br.Br.NCc1cccc(N=C(N)CF)c1. The number of benzene rings is 1. The van der Waals surface area contributed by atoms with E-state index in [2.05, 4.69) is 4.99 Å². The predicted octanol–water partition coefficient (Wildman–Crippen LogP) is 2.26. The molecule has 0 aliphatic heterocycles. The van der Waals surface area contributed by atoms with E-state index in [4.69, 9.17) is 11.5 Å². The number of hydrogen-bond acceptors (Lipinski definition) is 2. The fourth-order valence-corrected chi connectivity index (χ4v) is 0.949. The summed E-state index contributed by atoms with van der Waals surface area (Å²) in [6.07, 6.45) is 0. The Kier molecular flexibility index (Phi) is 9.96. The number of nitrogens with zero attached hydrogens (tertiary/aromatic N) is 1. The lowest BCUT2D eigenvalue weighted by molar-refractivity contribution is 0.579. The number of nitrogens with two attached hydrogens (primary N) is 2. The third kappa shape index (κ3) is 5.86. The van der Waals surface area contributed by atoms with Crippen LogP contribution in [0.3, 0.4) is 0 Å². The number of amidine groups is 1. The van der Waals surface area contributed by atoms with Crippen LogP contribution < -0.4 is 11.5 Å². The summed E-state index contributed by atoms with van der Waals surface area (Å²) in [7, 11) is 0. The summed E-state index contributed by atoms with van der Waals surface area (Å²) >= 11 is 0. The maximum atomic E-state index is 12.0. The van der Waals surface area contributed by atoms with Gasteiger partial charge in [-0.15, -0.1) is 34.0 Å². The Balaban J connectivity index is 0. The zero-order valence-electron chi connectivity index (χ0n) is 8.02. The van der Waals surface area contributed by atoms with Crippen molar-refractivity contribution in [2.45, 2.75) is 6.54 Å². The van der Waals surface area contributed by atoms with Crippen LogP contribution >= 0.6 is 34.0 Å². The van der Waals surface area contributed by atoms with Crippen molar-refractivity contribution in [2.75, 3.05) is 6.67 Å². The molecular formula is C9H14Br2FN3. The number of alkyl halides is 1. The molecule has 0 aliphatic rings. The summed E-state index contributed by atoms with van der Waals surface area (Å²) in [5, 5.41) is 0. The quantitative estimate of drug-likeness (QED) is 0.653. The molecule has 0 spiro atoms. The molecule has 0 aromatic heterocycles. The summed E-state index contributed by atoms with van der Waals surface area (Å²) < 4.78 is 12.0. The molecule has 1 aromatic rings. The average molecular weight is 343 g/mol. The maximum absolute atomic E-state index is 12.0. The summed E-state index contributed by atoms with van der Waals surface area (Å²) in [6.45, 7) is -0.286. The van der Waals surface area contributed by atoms with E-state index in [1.54, 1.807) is 12.1 Å². The lowest BCUT2D eigenvalue weighted by Gasteiger charge is -1.98. The molecule has 0 saturated carbocycles. The number of halogens is 3. The molecule has 1 rings (SSSR count). The third-order valence-electron chi connectivity index (χ3n) is 1.56. The smallest absolute Gasteiger partial charge is 0.147 e. The Bertz CT molecular complexity index is 318. The monoisotopic (exact) mass is 341 g/mol. The standard InChI is InChI=1S/C9H12FN3.2BrH/c10-5-9(12)13-8-3-1-2-7(4-8)6-11;;/h1-4H,5-6,11H2,(H2,12,13);2*1H. The van der Waals surface area contributed by atoms with E-state index in [0.29, 0.717) is 12.2 Å².